The van der Waals surface area contributed by atoms with E-state index in [2.05, 4.69) is 172 Å². The number of carbonyl (C=O) groups is 3. The molecule has 0 saturated heterocycles. The Labute approximate surface area is 546 Å². The highest BCUT2D eigenvalue weighted by molar-refractivity contribution is 5.70. The standard InChI is InChI=1S/C80H131NO8/c1-6-8-10-12-14-16-18-20-22-24-26-28-30-32-34-36-37-38-39-40-41-43-45-47-49-51-53-55-57-59-61-63-65-67-69-71-78(83)89-76(75-88-80(79(84)85)86-73-72-81(3,4)5)74-87-77(82)70-68-66-64-62-60-58-56-54-52-50-48-46-44-42-35-33-31-29-27-25-23-21-19-17-15-13-11-9-7-2/h8-11,14-17,20-23,26-29,32-35,37-38,40-41,45,47,76,80H,6-7,12-13,18-19,24-25,30-31,36,39,42-44,46,48-75H2,1-5H3/b10-8-,11-9-,16-14-,17-15-,22-20-,23-21-,28-26-,29-27-,34-32-,35-33-,38-37-,41-40-,47-45-. The molecule has 9 heteroatoms. The van der Waals surface area contributed by atoms with Gasteiger partial charge in [-0.2, -0.15) is 0 Å². The molecule has 0 rings (SSSR count). The van der Waals surface area contributed by atoms with E-state index in [1.165, 1.54) is 109 Å². The molecule has 0 spiro atoms. The number of unbranched alkanes of at least 4 members (excludes halogenated alkanes) is 23. The van der Waals surface area contributed by atoms with Gasteiger partial charge in [-0.05, 0) is 122 Å². The Morgan fingerprint density at radius 2 is 0.607 bits per heavy atom. The predicted molar refractivity (Wildman–Crippen MR) is 379 cm³/mol. The number of esters is 2. The third-order valence-corrected chi connectivity index (χ3v) is 14.8. The van der Waals surface area contributed by atoms with Crippen molar-refractivity contribution in [3.63, 3.8) is 0 Å². The quantitative estimate of drug-likeness (QED) is 0.0195. The van der Waals surface area contributed by atoms with Gasteiger partial charge in [0, 0.05) is 12.8 Å². The monoisotopic (exact) mass is 1230 g/mol. The molecule has 0 aliphatic carbocycles. The molecule has 9 nitrogen and oxygen atoms in total. The molecule has 2 atom stereocenters. The summed E-state index contributed by atoms with van der Waals surface area (Å²) in [6, 6.07) is 0. The first-order valence-corrected chi connectivity index (χ1v) is 35.6. The predicted octanol–water partition coefficient (Wildman–Crippen LogP) is 21.1. The first-order chi connectivity index (χ1) is 43.6. The Morgan fingerprint density at radius 1 is 0.337 bits per heavy atom. The van der Waals surface area contributed by atoms with Crippen LogP contribution in [0.3, 0.4) is 0 Å². The van der Waals surface area contributed by atoms with Crippen LogP contribution in [0.25, 0.3) is 0 Å². The normalized spacial score (nSPS) is 13.7. The first kappa shape index (κ1) is 83.9. The Morgan fingerprint density at radius 3 is 0.899 bits per heavy atom. The number of rotatable bonds is 64. The fourth-order valence-corrected chi connectivity index (χ4v) is 9.40. The third-order valence-electron chi connectivity index (χ3n) is 14.8. The van der Waals surface area contributed by atoms with Gasteiger partial charge in [0.1, 0.15) is 13.2 Å². The number of carboxylic acids is 1. The van der Waals surface area contributed by atoms with Gasteiger partial charge in [-0.1, -0.05) is 294 Å². The van der Waals surface area contributed by atoms with E-state index >= 15 is 0 Å². The molecule has 0 aliphatic heterocycles. The summed E-state index contributed by atoms with van der Waals surface area (Å²) >= 11 is 0. The van der Waals surface area contributed by atoms with E-state index in [9.17, 15) is 19.5 Å². The first-order valence-electron chi connectivity index (χ1n) is 35.6. The number of aliphatic carboxylic acids is 1. The number of ether oxygens (including phenoxy) is 4. The molecular formula is C80H131NO8. The molecule has 0 amide bonds. The minimum Gasteiger partial charge on any atom is -0.545 e. The van der Waals surface area contributed by atoms with E-state index < -0.39 is 24.3 Å². The minimum absolute atomic E-state index is 0.139. The lowest BCUT2D eigenvalue weighted by molar-refractivity contribution is -0.870. The van der Waals surface area contributed by atoms with Crippen molar-refractivity contribution in [3.8, 4) is 0 Å². The second-order valence-electron chi connectivity index (χ2n) is 24.4. The molecule has 0 radical (unpaired) electrons. The summed E-state index contributed by atoms with van der Waals surface area (Å²) in [7, 11) is 5.92. The number of carbonyl (C=O) groups excluding carboxylic acids is 3. The molecule has 2 unspecified atom stereocenters. The lowest BCUT2D eigenvalue weighted by Crippen LogP contribution is -2.44. The van der Waals surface area contributed by atoms with E-state index in [1.807, 2.05) is 21.1 Å². The van der Waals surface area contributed by atoms with Crippen molar-refractivity contribution in [1.82, 2.24) is 0 Å². The van der Waals surface area contributed by atoms with Crippen LogP contribution in [0, 0.1) is 0 Å². The van der Waals surface area contributed by atoms with E-state index in [0.717, 1.165) is 128 Å². The second kappa shape index (κ2) is 68.8. The van der Waals surface area contributed by atoms with Gasteiger partial charge in [0.15, 0.2) is 12.4 Å². The number of quaternary nitrogens is 1. The summed E-state index contributed by atoms with van der Waals surface area (Å²) in [5.41, 5.74) is 0. The maximum Gasteiger partial charge on any atom is 0.306 e. The van der Waals surface area contributed by atoms with Gasteiger partial charge < -0.3 is 33.3 Å². The number of allylic oxidation sites excluding steroid dienone is 26. The minimum atomic E-state index is -1.63. The average molecular weight is 1230 g/mol. The van der Waals surface area contributed by atoms with Crippen LogP contribution in [-0.4, -0.2) is 82.3 Å². The molecule has 0 aliphatic rings. The van der Waals surface area contributed by atoms with Crippen LogP contribution in [0.15, 0.2) is 158 Å². The second-order valence-corrected chi connectivity index (χ2v) is 24.4. The van der Waals surface area contributed by atoms with Gasteiger partial charge in [0.25, 0.3) is 0 Å². The van der Waals surface area contributed by atoms with Crippen LogP contribution in [0.4, 0.5) is 0 Å². The SMILES string of the molecule is CC/C=C\C/C=C\C/C=C\C/C=C\C/C=C\C/C=C\C/C=C\C/C=C\CCCCCCCCCCCCC(=O)OC(COC(=O)CCCCCCCCCCCCCCC/C=C\C/C=C\C/C=C\C/C=C\C/C=C\CC)COC(OCC[N+](C)(C)C)C(=O)[O-]. The largest absolute Gasteiger partial charge is 0.545 e. The van der Waals surface area contributed by atoms with Crippen molar-refractivity contribution >= 4 is 17.9 Å². The van der Waals surface area contributed by atoms with Crippen molar-refractivity contribution in [2.24, 2.45) is 0 Å². The summed E-state index contributed by atoms with van der Waals surface area (Å²) in [6.45, 7) is 4.51. The Hall–Kier alpha value is -5.09. The lowest BCUT2D eigenvalue weighted by atomic mass is 10.0. The van der Waals surface area contributed by atoms with Crippen LogP contribution < -0.4 is 5.11 Å². The van der Waals surface area contributed by atoms with Crippen LogP contribution in [0.5, 0.6) is 0 Å². The fraction of sp³-hybridized carbons (Fsp3) is 0.637. The Balaban J connectivity index is 4.17. The van der Waals surface area contributed by atoms with Crippen molar-refractivity contribution in [2.75, 3.05) is 47.5 Å². The topological polar surface area (TPSA) is 111 Å². The zero-order valence-corrected chi connectivity index (χ0v) is 57.5. The molecule has 0 aromatic carbocycles. The number of carboxylic acid groups (broad SMARTS) is 1. The van der Waals surface area contributed by atoms with Crippen LogP contribution in [0.1, 0.15) is 271 Å². The smallest absolute Gasteiger partial charge is 0.306 e. The summed E-state index contributed by atoms with van der Waals surface area (Å²) in [6.07, 6.45) is 98.9. The average Bonchev–Trinajstić information content (AvgIpc) is 3.64. The summed E-state index contributed by atoms with van der Waals surface area (Å²) in [4.78, 5) is 37.5. The summed E-state index contributed by atoms with van der Waals surface area (Å²) in [5.74, 6) is -2.30. The van der Waals surface area contributed by atoms with Gasteiger partial charge in [-0.25, -0.2) is 0 Å². The van der Waals surface area contributed by atoms with Gasteiger partial charge in [-0.15, -0.1) is 0 Å². The maximum atomic E-state index is 12.9. The molecular weight excluding hydrogens is 1100 g/mol. The lowest BCUT2D eigenvalue weighted by Gasteiger charge is -2.26. The van der Waals surface area contributed by atoms with Crippen molar-refractivity contribution < 1.29 is 42.9 Å². The highest BCUT2D eigenvalue weighted by Gasteiger charge is 2.22. The van der Waals surface area contributed by atoms with Crippen LogP contribution >= 0.6 is 0 Å². The van der Waals surface area contributed by atoms with Crippen LogP contribution in [-0.2, 0) is 33.3 Å². The van der Waals surface area contributed by atoms with Crippen LogP contribution in [0.2, 0.25) is 0 Å². The molecule has 0 saturated carbocycles. The van der Waals surface area contributed by atoms with Crippen molar-refractivity contribution in [3.05, 3.63) is 158 Å². The zero-order chi connectivity index (χ0) is 64.7. The Bertz CT molecular complexity index is 2020. The zero-order valence-electron chi connectivity index (χ0n) is 57.5. The molecule has 0 heterocycles. The summed E-state index contributed by atoms with van der Waals surface area (Å²) < 4.78 is 22.8. The molecule has 0 fully saturated rings. The third kappa shape index (κ3) is 70.2. The molecule has 0 aromatic rings. The number of hydrogen-bond acceptors (Lipinski definition) is 8. The van der Waals surface area contributed by atoms with E-state index in [4.69, 9.17) is 18.9 Å². The molecule has 0 bridgehead atoms. The molecule has 504 valence electrons. The molecule has 0 aromatic heterocycles. The van der Waals surface area contributed by atoms with Gasteiger partial charge >= 0.3 is 11.9 Å². The Kier molecular flexibility index (Phi) is 64.9. The maximum absolute atomic E-state index is 12.9. The van der Waals surface area contributed by atoms with Crippen molar-refractivity contribution in [1.29, 1.82) is 0 Å². The van der Waals surface area contributed by atoms with Crippen molar-refractivity contribution in [2.45, 2.75) is 283 Å². The fourth-order valence-electron chi connectivity index (χ4n) is 9.40. The number of nitrogens with zero attached hydrogens (tertiary/aromatic N) is 1. The summed E-state index contributed by atoms with van der Waals surface area (Å²) in [5, 5.41) is 11.8. The van der Waals surface area contributed by atoms with E-state index in [1.54, 1.807) is 0 Å². The van der Waals surface area contributed by atoms with Gasteiger partial charge in [0.2, 0.25) is 0 Å². The van der Waals surface area contributed by atoms with Gasteiger partial charge in [-0.3, -0.25) is 9.59 Å². The highest BCUT2D eigenvalue weighted by Crippen LogP contribution is 2.16. The van der Waals surface area contributed by atoms with E-state index in [-0.39, 0.29) is 38.6 Å². The molecule has 89 heavy (non-hydrogen) atoms. The molecule has 0 N–H and O–H groups in total. The number of hydrogen-bond donors (Lipinski definition) is 0. The highest BCUT2D eigenvalue weighted by atomic mass is 16.7. The number of likely N-dealkylation sites (N-methyl/N-ethyl adjacent to an activating group) is 1. The van der Waals surface area contributed by atoms with E-state index in [0.29, 0.717) is 17.4 Å². The van der Waals surface area contributed by atoms with Gasteiger partial charge in [0.05, 0.1) is 40.3 Å².